The summed E-state index contributed by atoms with van der Waals surface area (Å²) in [6.07, 6.45) is 0.746. The molecule has 2 saturated carbocycles. The molecule has 2 aliphatic carbocycles. The number of aromatic nitrogens is 2. The zero-order valence-electron chi connectivity index (χ0n) is 17.6. The number of carbonyl (C=O) groups is 1. The Labute approximate surface area is 181 Å². The van der Waals surface area contributed by atoms with E-state index >= 15 is 0 Å². The summed E-state index contributed by atoms with van der Waals surface area (Å²) < 4.78 is 30.5. The topological polar surface area (TPSA) is 76.3 Å². The van der Waals surface area contributed by atoms with Crippen molar-refractivity contribution in [2.75, 3.05) is 13.1 Å². The van der Waals surface area contributed by atoms with Gasteiger partial charge in [0, 0.05) is 43.4 Å². The number of hydrogen-bond donors (Lipinski definition) is 1. The molecule has 0 spiro atoms. The van der Waals surface area contributed by atoms with Crippen LogP contribution in [0.4, 0.5) is 13.6 Å². The van der Waals surface area contributed by atoms with E-state index in [1.807, 2.05) is 13.8 Å². The van der Waals surface area contributed by atoms with Crippen LogP contribution in [0.25, 0.3) is 10.2 Å². The quantitative estimate of drug-likeness (QED) is 0.758. The number of rotatable bonds is 5. The average Bonchev–Trinajstić information content (AvgIpc) is 2.99. The molecule has 3 heterocycles. The Bertz CT molecular complexity index is 1180. The van der Waals surface area contributed by atoms with Crippen LogP contribution in [-0.4, -0.2) is 39.1 Å². The number of amides is 2. The van der Waals surface area contributed by atoms with Gasteiger partial charge in [0.25, 0.3) is 5.56 Å². The Kier molecular flexibility index (Phi) is 4.76. The third-order valence-corrected chi connectivity index (χ3v) is 8.27. The number of carbonyl (C=O) groups excluding carboxylic acids is 1. The SMILES string of the molecule is Cc1c(CN2CCNC2=O)sc2c1c(=O)n(C1C[C@@H]1C)c(=O)n2CC1CCC(F)(F)C1. The van der Waals surface area contributed by atoms with E-state index in [-0.39, 0.29) is 48.9 Å². The third kappa shape index (κ3) is 3.48. The predicted molar refractivity (Wildman–Crippen MR) is 114 cm³/mol. The molecular weight excluding hydrogens is 426 g/mol. The molecule has 168 valence electrons. The second kappa shape index (κ2) is 7.15. The Morgan fingerprint density at radius 3 is 2.58 bits per heavy atom. The molecule has 2 aromatic heterocycles. The molecule has 3 fully saturated rings. The van der Waals surface area contributed by atoms with Gasteiger partial charge < -0.3 is 10.2 Å². The van der Waals surface area contributed by atoms with Gasteiger partial charge in [0.1, 0.15) is 4.83 Å². The lowest BCUT2D eigenvalue weighted by Crippen LogP contribution is -2.40. The number of fused-ring (bicyclic) bond motifs is 1. The van der Waals surface area contributed by atoms with E-state index in [2.05, 4.69) is 5.32 Å². The summed E-state index contributed by atoms with van der Waals surface area (Å²) >= 11 is 1.33. The van der Waals surface area contributed by atoms with Gasteiger partial charge in [-0.05, 0) is 37.2 Å². The maximum absolute atomic E-state index is 13.8. The van der Waals surface area contributed by atoms with E-state index in [1.165, 1.54) is 15.9 Å². The van der Waals surface area contributed by atoms with Gasteiger partial charge in [-0.15, -0.1) is 11.3 Å². The first-order valence-corrected chi connectivity index (χ1v) is 11.7. The standard InChI is InChI=1S/C21H26F2N4O3S/c1-11-7-14(11)27-17(28)16-12(2)15(10-25-6-5-24-19(25)29)31-18(16)26(20(27)30)9-13-3-4-21(22,23)8-13/h11,13-14H,3-10H2,1-2H3,(H,24,29)/t11-,13?,14?/m0/s1. The molecule has 0 radical (unpaired) electrons. The van der Waals surface area contributed by atoms with Crippen molar-refractivity contribution < 1.29 is 13.6 Å². The third-order valence-electron chi connectivity index (χ3n) is 6.97. The summed E-state index contributed by atoms with van der Waals surface area (Å²) in [4.78, 5) is 41.8. The maximum Gasteiger partial charge on any atom is 0.332 e. The monoisotopic (exact) mass is 452 g/mol. The number of nitrogens with zero attached hydrogens (tertiary/aromatic N) is 3. The smallest absolute Gasteiger partial charge is 0.332 e. The number of hydrogen-bond acceptors (Lipinski definition) is 4. The summed E-state index contributed by atoms with van der Waals surface area (Å²) in [5.74, 6) is -2.74. The summed E-state index contributed by atoms with van der Waals surface area (Å²) in [5, 5.41) is 3.26. The van der Waals surface area contributed by atoms with Gasteiger partial charge in [-0.1, -0.05) is 6.92 Å². The second-order valence-electron chi connectivity index (χ2n) is 9.30. The van der Waals surface area contributed by atoms with E-state index in [9.17, 15) is 23.2 Å². The van der Waals surface area contributed by atoms with Crippen molar-refractivity contribution in [1.82, 2.24) is 19.4 Å². The van der Waals surface area contributed by atoms with E-state index in [0.29, 0.717) is 36.3 Å². The summed E-state index contributed by atoms with van der Waals surface area (Å²) in [6, 6.07) is -0.278. The minimum Gasteiger partial charge on any atom is -0.336 e. The van der Waals surface area contributed by atoms with Crippen LogP contribution in [-0.2, 0) is 13.1 Å². The lowest BCUT2D eigenvalue weighted by Gasteiger charge is -2.16. The summed E-state index contributed by atoms with van der Waals surface area (Å²) in [6.45, 7) is 5.57. The second-order valence-corrected chi connectivity index (χ2v) is 10.4. The predicted octanol–water partition coefficient (Wildman–Crippen LogP) is 3.07. The molecule has 1 N–H and O–H groups in total. The highest BCUT2D eigenvalue weighted by atomic mass is 32.1. The molecule has 31 heavy (non-hydrogen) atoms. The van der Waals surface area contributed by atoms with Crippen LogP contribution in [0.2, 0.25) is 0 Å². The van der Waals surface area contributed by atoms with E-state index < -0.39 is 11.6 Å². The van der Waals surface area contributed by atoms with Gasteiger partial charge in [-0.25, -0.2) is 18.4 Å². The molecule has 0 bridgehead atoms. The van der Waals surface area contributed by atoms with Crippen molar-refractivity contribution in [3.05, 3.63) is 31.3 Å². The Morgan fingerprint density at radius 2 is 2.00 bits per heavy atom. The number of thiophene rings is 1. The lowest BCUT2D eigenvalue weighted by molar-refractivity contribution is 0.00434. The van der Waals surface area contributed by atoms with E-state index in [0.717, 1.165) is 16.9 Å². The normalized spacial score (nSPS) is 27.3. The molecule has 2 amide bonds. The maximum atomic E-state index is 13.8. The van der Waals surface area contributed by atoms with Crippen LogP contribution < -0.4 is 16.6 Å². The zero-order valence-corrected chi connectivity index (χ0v) is 18.4. The largest absolute Gasteiger partial charge is 0.336 e. The van der Waals surface area contributed by atoms with Gasteiger partial charge in [-0.3, -0.25) is 13.9 Å². The van der Waals surface area contributed by atoms with Crippen LogP contribution in [0.15, 0.2) is 9.59 Å². The average molecular weight is 453 g/mol. The van der Waals surface area contributed by atoms with Crippen LogP contribution >= 0.6 is 11.3 Å². The summed E-state index contributed by atoms with van der Waals surface area (Å²) in [7, 11) is 0. The number of halogens is 2. The Hall–Kier alpha value is -2.23. The van der Waals surface area contributed by atoms with Gasteiger partial charge in [-0.2, -0.15) is 0 Å². The van der Waals surface area contributed by atoms with Gasteiger partial charge >= 0.3 is 11.7 Å². The van der Waals surface area contributed by atoms with E-state index in [4.69, 9.17) is 0 Å². The first kappa shape index (κ1) is 20.7. The van der Waals surface area contributed by atoms with Crippen LogP contribution in [0.1, 0.15) is 49.1 Å². The first-order chi connectivity index (χ1) is 14.7. The molecule has 3 aliphatic rings. The fourth-order valence-corrected chi connectivity index (χ4v) is 6.28. The van der Waals surface area contributed by atoms with Crippen molar-refractivity contribution >= 4 is 27.6 Å². The minimum absolute atomic E-state index is 0.132. The van der Waals surface area contributed by atoms with Crippen LogP contribution in [0.3, 0.4) is 0 Å². The van der Waals surface area contributed by atoms with Gasteiger partial charge in [0.05, 0.1) is 11.9 Å². The van der Waals surface area contributed by atoms with Gasteiger partial charge in [0.15, 0.2) is 0 Å². The van der Waals surface area contributed by atoms with Crippen molar-refractivity contribution in [2.24, 2.45) is 11.8 Å². The highest BCUT2D eigenvalue weighted by Crippen LogP contribution is 2.42. The van der Waals surface area contributed by atoms with Crippen molar-refractivity contribution in [3.8, 4) is 0 Å². The lowest BCUT2D eigenvalue weighted by atomic mass is 10.1. The first-order valence-electron chi connectivity index (χ1n) is 10.8. The Morgan fingerprint density at radius 1 is 1.26 bits per heavy atom. The summed E-state index contributed by atoms with van der Waals surface area (Å²) in [5.41, 5.74) is 0.0827. The molecule has 1 saturated heterocycles. The molecule has 2 aromatic rings. The van der Waals surface area contributed by atoms with Crippen molar-refractivity contribution in [1.29, 1.82) is 0 Å². The number of nitrogens with one attached hydrogen (secondary N) is 1. The molecule has 1 aliphatic heterocycles. The van der Waals surface area contributed by atoms with Crippen LogP contribution in [0, 0.1) is 18.8 Å². The molecule has 10 heteroatoms. The number of alkyl halides is 2. The minimum atomic E-state index is -2.69. The fraction of sp³-hybridized carbons (Fsp3) is 0.667. The number of aryl methyl sites for hydroxylation is 1. The Balaban J connectivity index is 1.63. The highest BCUT2D eigenvalue weighted by molar-refractivity contribution is 7.18. The molecule has 2 unspecified atom stereocenters. The molecule has 0 aromatic carbocycles. The van der Waals surface area contributed by atoms with Crippen molar-refractivity contribution in [3.63, 3.8) is 0 Å². The molecule has 3 atom stereocenters. The van der Waals surface area contributed by atoms with Crippen molar-refractivity contribution in [2.45, 2.75) is 64.6 Å². The fourth-order valence-electron chi connectivity index (χ4n) is 4.97. The molecule has 5 rings (SSSR count). The molecular formula is C21H26F2N4O3S. The molecule has 7 nitrogen and oxygen atoms in total. The van der Waals surface area contributed by atoms with Gasteiger partial charge in [0.2, 0.25) is 5.92 Å². The van der Waals surface area contributed by atoms with E-state index in [1.54, 1.807) is 9.47 Å². The number of urea groups is 1. The zero-order chi connectivity index (χ0) is 22.1. The highest BCUT2D eigenvalue weighted by Gasteiger charge is 2.41. The van der Waals surface area contributed by atoms with Crippen LogP contribution in [0.5, 0.6) is 0 Å².